The highest BCUT2D eigenvalue weighted by atomic mass is 79.9. The maximum atomic E-state index is 12.8. The summed E-state index contributed by atoms with van der Waals surface area (Å²) in [5, 5.41) is 0. The van der Waals surface area contributed by atoms with Crippen LogP contribution < -0.4 is 4.74 Å². The van der Waals surface area contributed by atoms with Gasteiger partial charge in [-0.15, -0.1) is 0 Å². The molecule has 5 heteroatoms. The molecule has 1 aromatic rings. The summed E-state index contributed by atoms with van der Waals surface area (Å²) in [6, 6.07) is 0. The normalized spacial score (nSPS) is 9.82. The molecule has 0 aliphatic heterocycles. The Morgan fingerprint density at radius 2 is 2.18 bits per heavy atom. The molecule has 0 aliphatic rings. The third-order valence-corrected chi connectivity index (χ3v) is 1.65. The molecular formula is C6H4BrF2NO. The van der Waals surface area contributed by atoms with Crippen molar-refractivity contribution in [3.05, 3.63) is 22.4 Å². The Morgan fingerprint density at radius 1 is 1.55 bits per heavy atom. The fraction of sp³-hybridized carbons (Fsp3) is 0.167. The average molecular weight is 224 g/mol. The first-order valence-electron chi connectivity index (χ1n) is 2.70. The van der Waals surface area contributed by atoms with Gasteiger partial charge in [-0.1, -0.05) is 0 Å². The maximum absolute atomic E-state index is 12.8. The molecule has 60 valence electrons. The van der Waals surface area contributed by atoms with Gasteiger partial charge >= 0.3 is 0 Å². The fourth-order valence-electron chi connectivity index (χ4n) is 0.614. The van der Waals surface area contributed by atoms with Crippen LogP contribution in [-0.4, -0.2) is 12.1 Å². The maximum Gasteiger partial charge on any atom is 0.200 e. The number of pyridine rings is 1. The van der Waals surface area contributed by atoms with Crippen LogP contribution in [0, 0.1) is 11.6 Å². The van der Waals surface area contributed by atoms with Crippen LogP contribution in [0.15, 0.2) is 10.8 Å². The van der Waals surface area contributed by atoms with Crippen LogP contribution in [0.5, 0.6) is 5.75 Å². The van der Waals surface area contributed by atoms with E-state index in [9.17, 15) is 8.78 Å². The molecule has 0 spiro atoms. The molecule has 1 heterocycles. The summed E-state index contributed by atoms with van der Waals surface area (Å²) in [5.41, 5.74) is 0. The van der Waals surface area contributed by atoms with E-state index in [2.05, 4.69) is 25.7 Å². The van der Waals surface area contributed by atoms with Gasteiger partial charge in [-0.3, -0.25) is 0 Å². The molecule has 0 radical (unpaired) electrons. The Kier molecular flexibility index (Phi) is 2.38. The molecule has 2 nitrogen and oxygen atoms in total. The number of hydrogen-bond acceptors (Lipinski definition) is 2. The SMILES string of the molecule is COc1c(F)cnc(Br)c1F. The molecule has 0 N–H and O–H groups in total. The quantitative estimate of drug-likeness (QED) is 0.681. The van der Waals surface area contributed by atoms with E-state index >= 15 is 0 Å². The van der Waals surface area contributed by atoms with Crippen LogP contribution in [0.3, 0.4) is 0 Å². The second-order valence-corrected chi connectivity index (χ2v) is 2.50. The largest absolute Gasteiger partial charge is 0.491 e. The van der Waals surface area contributed by atoms with Crippen molar-refractivity contribution in [2.45, 2.75) is 0 Å². The van der Waals surface area contributed by atoms with Gasteiger partial charge in [0, 0.05) is 0 Å². The second-order valence-electron chi connectivity index (χ2n) is 1.74. The molecule has 1 aromatic heterocycles. The Hall–Kier alpha value is -0.710. The van der Waals surface area contributed by atoms with Crippen LogP contribution in [0.1, 0.15) is 0 Å². The number of ether oxygens (including phenoxy) is 1. The number of aromatic nitrogens is 1. The van der Waals surface area contributed by atoms with Gasteiger partial charge in [0.15, 0.2) is 11.6 Å². The van der Waals surface area contributed by atoms with E-state index in [1.807, 2.05) is 0 Å². The first-order valence-corrected chi connectivity index (χ1v) is 3.49. The number of hydrogen-bond donors (Lipinski definition) is 0. The summed E-state index contributed by atoms with van der Waals surface area (Å²) in [6.45, 7) is 0. The molecule has 11 heavy (non-hydrogen) atoms. The first-order chi connectivity index (χ1) is 5.16. The molecule has 0 aliphatic carbocycles. The highest BCUT2D eigenvalue weighted by molar-refractivity contribution is 9.10. The highest BCUT2D eigenvalue weighted by Gasteiger charge is 2.12. The molecule has 0 saturated heterocycles. The summed E-state index contributed by atoms with van der Waals surface area (Å²) >= 11 is 2.79. The molecular weight excluding hydrogens is 220 g/mol. The van der Waals surface area contributed by atoms with Crippen LogP contribution >= 0.6 is 15.9 Å². The minimum absolute atomic E-state index is 0.0595. The van der Waals surface area contributed by atoms with E-state index in [1.165, 1.54) is 7.11 Å². The number of methoxy groups -OCH3 is 1. The van der Waals surface area contributed by atoms with Gasteiger partial charge in [-0.2, -0.15) is 4.39 Å². The summed E-state index contributed by atoms with van der Waals surface area (Å²) < 4.78 is 29.7. The van der Waals surface area contributed by atoms with Gasteiger partial charge in [-0.05, 0) is 15.9 Å². The molecule has 0 fully saturated rings. The lowest BCUT2D eigenvalue weighted by Crippen LogP contribution is -1.95. The van der Waals surface area contributed by atoms with Gasteiger partial charge in [-0.25, -0.2) is 9.37 Å². The summed E-state index contributed by atoms with van der Waals surface area (Å²) in [7, 11) is 1.19. The third kappa shape index (κ3) is 1.48. The van der Waals surface area contributed by atoms with Crippen LogP contribution in [0.4, 0.5) is 8.78 Å². The molecule has 0 aromatic carbocycles. The predicted molar refractivity (Wildman–Crippen MR) is 38.4 cm³/mol. The van der Waals surface area contributed by atoms with Gasteiger partial charge in [0.25, 0.3) is 0 Å². The lowest BCUT2D eigenvalue weighted by molar-refractivity contribution is 0.356. The Balaban J connectivity index is 3.29. The predicted octanol–water partition coefficient (Wildman–Crippen LogP) is 2.13. The second kappa shape index (κ2) is 3.13. The van der Waals surface area contributed by atoms with E-state index in [0.717, 1.165) is 6.20 Å². The zero-order valence-electron chi connectivity index (χ0n) is 5.57. The standard InChI is InChI=1S/C6H4BrF2NO/c1-11-5-3(8)2-10-6(7)4(5)9/h2H,1H3. The first kappa shape index (κ1) is 8.39. The van der Waals surface area contributed by atoms with Crippen molar-refractivity contribution >= 4 is 15.9 Å². The molecule has 1 rings (SSSR count). The number of halogens is 3. The van der Waals surface area contributed by atoms with Crippen molar-refractivity contribution in [1.29, 1.82) is 0 Å². The molecule has 0 bridgehead atoms. The van der Waals surface area contributed by atoms with Crippen molar-refractivity contribution in [2.24, 2.45) is 0 Å². The minimum atomic E-state index is -0.826. The highest BCUT2D eigenvalue weighted by Crippen LogP contribution is 2.24. The summed E-state index contributed by atoms with van der Waals surface area (Å²) in [5.74, 6) is -2.06. The van der Waals surface area contributed by atoms with E-state index in [1.54, 1.807) is 0 Å². The Morgan fingerprint density at radius 3 is 2.64 bits per heavy atom. The third-order valence-electron chi connectivity index (χ3n) is 1.09. The topological polar surface area (TPSA) is 22.1 Å². The average Bonchev–Trinajstić information content (AvgIpc) is 1.99. The van der Waals surface area contributed by atoms with Crippen molar-refractivity contribution in [3.8, 4) is 5.75 Å². The summed E-state index contributed by atoms with van der Waals surface area (Å²) in [4.78, 5) is 3.37. The minimum Gasteiger partial charge on any atom is -0.491 e. The van der Waals surface area contributed by atoms with Gasteiger partial charge in [0.1, 0.15) is 4.60 Å². The Bertz CT molecular complexity index is 280. The van der Waals surface area contributed by atoms with Gasteiger partial charge < -0.3 is 4.74 Å². The molecule has 0 saturated carbocycles. The van der Waals surface area contributed by atoms with E-state index < -0.39 is 17.4 Å². The number of rotatable bonds is 1. The lowest BCUT2D eigenvalue weighted by Gasteiger charge is -2.02. The van der Waals surface area contributed by atoms with Crippen molar-refractivity contribution < 1.29 is 13.5 Å². The molecule has 0 amide bonds. The molecule has 0 unspecified atom stereocenters. The Labute approximate surface area is 70.3 Å². The van der Waals surface area contributed by atoms with E-state index in [4.69, 9.17) is 0 Å². The monoisotopic (exact) mass is 223 g/mol. The van der Waals surface area contributed by atoms with Crippen LogP contribution in [0.25, 0.3) is 0 Å². The van der Waals surface area contributed by atoms with Crippen molar-refractivity contribution in [3.63, 3.8) is 0 Å². The van der Waals surface area contributed by atoms with E-state index in [-0.39, 0.29) is 4.60 Å². The summed E-state index contributed by atoms with van der Waals surface area (Å²) in [6.07, 6.45) is 0.881. The zero-order chi connectivity index (χ0) is 8.43. The number of nitrogens with zero attached hydrogens (tertiary/aromatic N) is 1. The van der Waals surface area contributed by atoms with Crippen molar-refractivity contribution in [2.75, 3.05) is 7.11 Å². The van der Waals surface area contributed by atoms with Crippen LogP contribution in [-0.2, 0) is 0 Å². The van der Waals surface area contributed by atoms with Crippen molar-refractivity contribution in [1.82, 2.24) is 4.98 Å². The fourth-order valence-corrected chi connectivity index (χ4v) is 0.897. The van der Waals surface area contributed by atoms with Gasteiger partial charge in [0.05, 0.1) is 13.3 Å². The van der Waals surface area contributed by atoms with Gasteiger partial charge in [0.2, 0.25) is 5.82 Å². The van der Waals surface area contributed by atoms with Crippen LogP contribution in [0.2, 0.25) is 0 Å². The van der Waals surface area contributed by atoms with E-state index in [0.29, 0.717) is 0 Å². The lowest BCUT2D eigenvalue weighted by atomic mass is 10.4. The zero-order valence-corrected chi connectivity index (χ0v) is 7.15. The molecule has 0 atom stereocenters. The smallest absolute Gasteiger partial charge is 0.200 e.